The topological polar surface area (TPSA) is 9.23 Å². The second kappa shape index (κ2) is 5.81. The summed E-state index contributed by atoms with van der Waals surface area (Å²) in [7, 11) is 0. The Morgan fingerprint density at radius 1 is 1.00 bits per heavy atom. The molecule has 0 atom stereocenters. The van der Waals surface area contributed by atoms with Crippen LogP contribution in [0, 0.1) is 0 Å². The maximum absolute atomic E-state index is 7.17. The average Bonchev–Trinajstić information content (AvgIpc) is 2.29. The van der Waals surface area contributed by atoms with E-state index in [1.807, 2.05) is 0 Å². The Kier molecular flexibility index (Phi) is 5.52. The van der Waals surface area contributed by atoms with E-state index in [4.69, 9.17) is 3.76 Å². The molecule has 18 heavy (non-hydrogen) atoms. The van der Waals surface area contributed by atoms with Gasteiger partial charge in [0.05, 0.1) is 0 Å². The quantitative estimate of drug-likeness (QED) is 0.588. The van der Waals surface area contributed by atoms with Gasteiger partial charge in [-0.25, -0.2) is 0 Å². The number of hydrogen-bond acceptors (Lipinski definition) is 1. The molecule has 0 aromatic rings. The summed E-state index contributed by atoms with van der Waals surface area (Å²) in [5.41, 5.74) is 0.245. The van der Waals surface area contributed by atoms with Crippen LogP contribution >= 0.6 is 0 Å². The molecule has 1 heterocycles. The summed E-state index contributed by atoms with van der Waals surface area (Å²) >= 11 is -3.88. The third-order valence-corrected chi connectivity index (χ3v) is 61.5. The van der Waals surface area contributed by atoms with Gasteiger partial charge in [0, 0.05) is 0 Å². The molecule has 1 nitrogen and oxygen atoms in total. The van der Waals surface area contributed by atoms with Gasteiger partial charge in [-0.05, 0) is 0 Å². The second-order valence-electron chi connectivity index (χ2n) is 7.48. The first-order valence-electron chi connectivity index (χ1n) is 7.87. The van der Waals surface area contributed by atoms with Crippen molar-refractivity contribution in [1.29, 1.82) is 0 Å². The molecule has 0 spiro atoms. The van der Waals surface area contributed by atoms with E-state index in [1.165, 1.54) is 19.3 Å². The molecule has 0 aliphatic carbocycles. The molecule has 0 aromatic heterocycles. The van der Waals surface area contributed by atoms with Crippen molar-refractivity contribution < 1.29 is 3.76 Å². The molecule has 1 saturated heterocycles. The second-order valence-corrected chi connectivity index (χ2v) is 48.3. The molecule has 0 radical (unpaired) electrons. The molecular formula is C15H34Ge2O. The molecule has 0 aromatic carbocycles. The predicted molar refractivity (Wildman–Crippen MR) is 87.3 cm³/mol. The third kappa shape index (κ3) is 2.60. The van der Waals surface area contributed by atoms with Crippen molar-refractivity contribution in [2.24, 2.45) is 0 Å². The molecule has 1 aliphatic heterocycles. The van der Waals surface area contributed by atoms with Crippen LogP contribution in [0.25, 0.3) is 0 Å². The fraction of sp³-hybridized carbons (Fsp3) is 1.00. The first-order valence-corrected chi connectivity index (χ1v) is 23.3. The molecule has 0 N–H and O–H groups in total. The van der Waals surface area contributed by atoms with Gasteiger partial charge in [0.25, 0.3) is 0 Å². The fourth-order valence-electron chi connectivity index (χ4n) is 4.50. The molecule has 0 saturated carbocycles. The van der Waals surface area contributed by atoms with Gasteiger partial charge in [0.2, 0.25) is 0 Å². The van der Waals surface area contributed by atoms with Crippen molar-refractivity contribution in [2.75, 3.05) is 0 Å². The molecule has 0 amide bonds. The van der Waals surface area contributed by atoms with Crippen molar-refractivity contribution in [3.8, 4) is 0 Å². The summed E-state index contributed by atoms with van der Waals surface area (Å²) in [5, 5.41) is 1.55. The maximum atomic E-state index is 7.17. The molecule has 1 fully saturated rings. The Hall–Kier alpha value is 1.05. The zero-order chi connectivity index (χ0) is 14.2. The molecule has 1 rings (SSSR count). The normalized spacial score (nSPS) is 25.7. The Balaban J connectivity index is 3.24. The first-order chi connectivity index (χ1) is 8.17. The van der Waals surface area contributed by atoms with Gasteiger partial charge in [0.1, 0.15) is 0 Å². The van der Waals surface area contributed by atoms with Gasteiger partial charge in [-0.2, -0.15) is 0 Å². The first kappa shape index (κ1) is 17.1. The number of rotatable bonds is 4. The van der Waals surface area contributed by atoms with Crippen molar-refractivity contribution in [1.82, 2.24) is 0 Å². The van der Waals surface area contributed by atoms with Crippen LogP contribution in [0.2, 0.25) is 26.3 Å². The van der Waals surface area contributed by atoms with Crippen molar-refractivity contribution in [2.45, 2.75) is 92.7 Å². The Morgan fingerprint density at radius 3 is 1.78 bits per heavy atom. The molecule has 0 bridgehead atoms. The minimum absolute atomic E-state index is 0.245. The van der Waals surface area contributed by atoms with E-state index in [2.05, 4.69) is 53.1 Å². The zero-order valence-corrected chi connectivity index (χ0v) is 18.1. The summed E-state index contributed by atoms with van der Waals surface area (Å²) in [6.45, 7) is 14.5. The molecule has 3 heteroatoms. The van der Waals surface area contributed by atoms with Crippen LogP contribution in [-0.2, 0) is 3.76 Å². The van der Waals surface area contributed by atoms with E-state index >= 15 is 0 Å². The van der Waals surface area contributed by atoms with Crippen LogP contribution in [-0.4, -0.2) is 28.5 Å². The monoisotopic (exact) mass is 378 g/mol. The summed E-state index contributed by atoms with van der Waals surface area (Å²) in [6.07, 6.45) is 3.78. The van der Waals surface area contributed by atoms with Gasteiger partial charge in [-0.3, -0.25) is 0 Å². The van der Waals surface area contributed by atoms with Crippen LogP contribution in [0.5, 0.6) is 0 Å². The Labute approximate surface area is 119 Å². The van der Waals surface area contributed by atoms with E-state index in [9.17, 15) is 0 Å². The van der Waals surface area contributed by atoms with Gasteiger partial charge in [-0.15, -0.1) is 0 Å². The summed E-state index contributed by atoms with van der Waals surface area (Å²) in [4.78, 5) is 0. The predicted octanol–water partition coefficient (Wildman–Crippen LogP) is 5.52. The SMILES string of the molecule is CCC1(CC)C[CH2][Ge]([CH3])([CH3])[Ge]([CH](C)C)([CH](C)C)[O]1. The van der Waals surface area contributed by atoms with Crippen molar-refractivity contribution in [3.05, 3.63) is 0 Å². The van der Waals surface area contributed by atoms with Crippen LogP contribution < -0.4 is 0 Å². The standard InChI is InChI=1S/C15H34Ge2O/c1-9-15(10-2)11-12-16(7,8)17(18-15,13(3)4)14(5)6/h13-14H,9-12H2,1-8H3. The van der Waals surface area contributed by atoms with E-state index in [1.54, 1.807) is 5.25 Å². The van der Waals surface area contributed by atoms with Gasteiger partial charge in [-0.1, -0.05) is 0 Å². The van der Waals surface area contributed by atoms with Crippen molar-refractivity contribution >= 4 is 22.9 Å². The molecule has 1 aliphatic rings. The Bertz CT molecular complexity index is 272. The van der Waals surface area contributed by atoms with Crippen LogP contribution in [0.1, 0.15) is 60.8 Å². The van der Waals surface area contributed by atoms with Crippen molar-refractivity contribution in [3.63, 3.8) is 0 Å². The van der Waals surface area contributed by atoms with Crippen LogP contribution in [0.4, 0.5) is 0 Å². The minimum atomic E-state index is -2.17. The van der Waals surface area contributed by atoms with E-state index in [0.717, 1.165) is 9.50 Å². The number of hydrogen-bond donors (Lipinski definition) is 0. The van der Waals surface area contributed by atoms with Gasteiger partial charge >= 0.3 is 119 Å². The average molecular weight is 376 g/mol. The van der Waals surface area contributed by atoms with E-state index < -0.39 is 22.9 Å². The van der Waals surface area contributed by atoms with Crippen LogP contribution in [0.15, 0.2) is 0 Å². The third-order valence-electron chi connectivity index (χ3n) is 5.65. The van der Waals surface area contributed by atoms with E-state index in [0.29, 0.717) is 0 Å². The summed E-state index contributed by atoms with van der Waals surface area (Å²) in [6, 6.07) is 0. The summed E-state index contributed by atoms with van der Waals surface area (Å²) in [5.74, 6) is 5.35. The van der Waals surface area contributed by atoms with Gasteiger partial charge in [0.15, 0.2) is 0 Å². The van der Waals surface area contributed by atoms with Gasteiger partial charge < -0.3 is 0 Å². The van der Waals surface area contributed by atoms with E-state index in [-0.39, 0.29) is 5.60 Å². The zero-order valence-electron chi connectivity index (χ0n) is 13.9. The molecule has 0 unspecified atom stereocenters. The fourth-order valence-corrected chi connectivity index (χ4v) is 65.9. The Morgan fingerprint density at radius 2 is 1.44 bits per heavy atom. The summed E-state index contributed by atoms with van der Waals surface area (Å²) < 4.78 is 8.83. The molecular weight excluding hydrogens is 341 g/mol. The molecule has 108 valence electrons. The van der Waals surface area contributed by atoms with Crippen LogP contribution in [0.3, 0.4) is 0 Å².